The first-order chi connectivity index (χ1) is 10.7. The molecule has 0 radical (unpaired) electrons. The summed E-state index contributed by atoms with van der Waals surface area (Å²) in [6, 6.07) is 0.137. The number of hydrogen-bond donors (Lipinski definition) is 2. The SMILES string of the molecule is O=C(c1cn[nH]c1C1CC1)N1CCCC(N2CCNC2=O)C1. The summed E-state index contributed by atoms with van der Waals surface area (Å²) in [5.41, 5.74) is 1.71. The first kappa shape index (κ1) is 13.6. The molecule has 118 valence electrons. The highest BCUT2D eigenvalue weighted by molar-refractivity contribution is 5.95. The van der Waals surface area contributed by atoms with E-state index in [0.29, 0.717) is 24.6 Å². The molecule has 1 aliphatic carbocycles. The third-order valence-electron chi connectivity index (χ3n) is 4.90. The first-order valence-electron chi connectivity index (χ1n) is 8.11. The van der Waals surface area contributed by atoms with Crippen LogP contribution in [-0.4, -0.2) is 64.2 Å². The molecular weight excluding hydrogens is 282 g/mol. The lowest BCUT2D eigenvalue weighted by atomic mass is 10.0. The highest BCUT2D eigenvalue weighted by atomic mass is 16.2. The van der Waals surface area contributed by atoms with Gasteiger partial charge in [-0.25, -0.2) is 4.79 Å². The van der Waals surface area contributed by atoms with Crippen molar-refractivity contribution in [3.8, 4) is 0 Å². The van der Waals surface area contributed by atoms with E-state index in [9.17, 15) is 9.59 Å². The van der Waals surface area contributed by atoms with Crippen LogP contribution in [0.2, 0.25) is 0 Å². The summed E-state index contributed by atoms with van der Waals surface area (Å²) in [4.78, 5) is 28.4. The Labute approximate surface area is 129 Å². The van der Waals surface area contributed by atoms with E-state index in [1.54, 1.807) is 6.20 Å². The van der Waals surface area contributed by atoms with Gasteiger partial charge < -0.3 is 15.1 Å². The predicted molar refractivity (Wildman–Crippen MR) is 79.6 cm³/mol. The molecule has 3 aliphatic rings. The molecule has 22 heavy (non-hydrogen) atoms. The number of aromatic amines is 1. The van der Waals surface area contributed by atoms with E-state index in [2.05, 4.69) is 15.5 Å². The monoisotopic (exact) mass is 303 g/mol. The normalized spacial score (nSPS) is 25.5. The fraction of sp³-hybridized carbons (Fsp3) is 0.667. The number of urea groups is 1. The third-order valence-corrected chi connectivity index (χ3v) is 4.90. The number of carbonyl (C=O) groups is 2. The van der Waals surface area contributed by atoms with E-state index in [1.807, 2.05) is 9.80 Å². The van der Waals surface area contributed by atoms with Gasteiger partial charge in [0.15, 0.2) is 0 Å². The largest absolute Gasteiger partial charge is 0.336 e. The van der Waals surface area contributed by atoms with Crippen molar-refractivity contribution in [2.75, 3.05) is 26.2 Å². The van der Waals surface area contributed by atoms with E-state index in [0.717, 1.165) is 44.5 Å². The number of carbonyl (C=O) groups excluding carboxylic acids is 2. The van der Waals surface area contributed by atoms with Gasteiger partial charge in [-0.15, -0.1) is 0 Å². The number of H-pyrrole nitrogens is 1. The number of hydrogen-bond acceptors (Lipinski definition) is 3. The fourth-order valence-electron chi connectivity index (χ4n) is 3.55. The van der Waals surface area contributed by atoms with E-state index in [1.165, 1.54) is 0 Å². The first-order valence-corrected chi connectivity index (χ1v) is 8.11. The van der Waals surface area contributed by atoms with Gasteiger partial charge in [-0.2, -0.15) is 5.10 Å². The third kappa shape index (κ3) is 2.34. The summed E-state index contributed by atoms with van der Waals surface area (Å²) in [5.74, 6) is 0.534. The van der Waals surface area contributed by atoms with Crippen LogP contribution in [0, 0.1) is 0 Å². The molecule has 0 bridgehead atoms. The van der Waals surface area contributed by atoms with Crippen LogP contribution in [0.15, 0.2) is 6.20 Å². The summed E-state index contributed by atoms with van der Waals surface area (Å²) in [7, 11) is 0. The molecule has 3 fully saturated rings. The predicted octanol–water partition coefficient (Wildman–Crippen LogP) is 0.917. The summed E-state index contributed by atoms with van der Waals surface area (Å²) >= 11 is 0. The molecule has 1 aromatic heterocycles. The second kappa shape index (κ2) is 5.30. The molecule has 0 aromatic carbocycles. The average Bonchev–Trinajstić information content (AvgIpc) is 3.10. The minimum Gasteiger partial charge on any atom is -0.336 e. The zero-order chi connectivity index (χ0) is 15.1. The molecule has 3 amide bonds. The van der Waals surface area contributed by atoms with Crippen molar-refractivity contribution in [3.63, 3.8) is 0 Å². The highest BCUT2D eigenvalue weighted by Gasteiger charge is 2.35. The van der Waals surface area contributed by atoms with E-state index in [4.69, 9.17) is 0 Å². The molecule has 1 unspecified atom stereocenters. The lowest BCUT2D eigenvalue weighted by Crippen LogP contribution is -2.50. The molecule has 1 atom stereocenters. The Kier molecular flexibility index (Phi) is 3.28. The number of nitrogens with one attached hydrogen (secondary N) is 2. The standard InChI is InChI=1S/C15H21N5O2/c21-14(12-8-17-18-13(12)10-3-4-10)19-6-1-2-11(9-19)20-7-5-16-15(20)22/h8,10-11H,1-7,9H2,(H,16,22)(H,17,18). The zero-order valence-electron chi connectivity index (χ0n) is 12.5. The van der Waals surface area contributed by atoms with Crippen LogP contribution in [-0.2, 0) is 0 Å². The fourth-order valence-corrected chi connectivity index (χ4v) is 3.55. The molecule has 1 aromatic rings. The van der Waals surface area contributed by atoms with Gasteiger partial charge in [0.2, 0.25) is 0 Å². The van der Waals surface area contributed by atoms with Crippen molar-refractivity contribution in [2.24, 2.45) is 0 Å². The van der Waals surface area contributed by atoms with Gasteiger partial charge in [0.1, 0.15) is 0 Å². The number of rotatable bonds is 3. The minimum atomic E-state index is 0.00118. The van der Waals surface area contributed by atoms with Crippen LogP contribution in [0.1, 0.15) is 47.7 Å². The van der Waals surface area contributed by atoms with Crippen molar-refractivity contribution in [1.82, 2.24) is 25.3 Å². The van der Waals surface area contributed by atoms with Gasteiger partial charge in [-0.3, -0.25) is 9.89 Å². The Hall–Kier alpha value is -2.05. The quantitative estimate of drug-likeness (QED) is 0.871. The highest BCUT2D eigenvalue weighted by Crippen LogP contribution is 2.40. The molecule has 7 heteroatoms. The second-order valence-electron chi connectivity index (χ2n) is 6.44. The van der Waals surface area contributed by atoms with Crippen molar-refractivity contribution in [1.29, 1.82) is 0 Å². The van der Waals surface area contributed by atoms with Crippen molar-refractivity contribution in [3.05, 3.63) is 17.5 Å². The topological polar surface area (TPSA) is 81.3 Å². The summed E-state index contributed by atoms with van der Waals surface area (Å²) in [5, 5.41) is 9.89. The van der Waals surface area contributed by atoms with Crippen LogP contribution in [0.3, 0.4) is 0 Å². The molecule has 7 nitrogen and oxygen atoms in total. The summed E-state index contributed by atoms with van der Waals surface area (Å²) in [6.45, 7) is 2.84. The van der Waals surface area contributed by atoms with E-state index >= 15 is 0 Å². The Balaban J connectivity index is 1.48. The van der Waals surface area contributed by atoms with Crippen molar-refractivity contribution < 1.29 is 9.59 Å². The van der Waals surface area contributed by atoms with Crippen LogP contribution in [0.4, 0.5) is 4.79 Å². The molecule has 3 heterocycles. The molecule has 2 N–H and O–H groups in total. The molecule has 1 saturated carbocycles. The zero-order valence-corrected chi connectivity index (χ0v) is 12.5. The summed E-state index contributed by atoms with van der Waals surface area (Å²) < 4.78 is 0. The van der Waals surface area contributed by atoms with Crippen LogP contribution in [0.25, 0.3) is 0 Å². The van der Waals surface area contributed by atoms with Crippen LogP contribution < -0.4 is 5.32 Å². The molecule has 2 saturated heterocycles. The van der Waals surface area contributed by atoms with Gasteiger partial charge in [0.05, 0.1) is 23.5 Å². The Bertz CT molecular complexity index is 595. The van der Waals surface area contributed by atoms with Gasteiger partial charge in [0.25, 0.3) is 5.91 Å². The second-order valence-corrected chi connectivity index (χ2v) is 6.44. The Morgan fingerprint density at radius 1 is 1.27 bits per heavy atom. The number of piperidine rings is 1. The van der Waals surface area contributed by atoms with Crippen LogP contribution in [0.5, 0.6) is 0 Å². The molecule has 0 spiro atoms. The van der Waals surface area contributed by atoms with Gasteiger partial charge in [-0.1, -0.05) is 0 Å². The molecule has 4 rings (SSSR count). The van der Waals surface area contributed by atoms with E-state index < -0.39 is 0 Å². The number of amides is 3. The number of likely N-dealkylation sites (tertiary alicyclic amines) is 1. The van der Waals surface area contributed by atoms with E-state index in [-0.39, 0.29) is 18.0 Å². The van der Waals surface area contributed by atoms with Gasteiger partial charge in [-0.05, 0) is 25.7 Å². The maximum absolute atomic E-state index is 12.8. The Morgan fingerprint density at radius 3 is 2.86 bits per heavy atom. The average molecular weight is 303 g/mol. The van der Waals surface area contributed by atoms with Crippen molar-refractivity contribution in [2.45, 2.75) is 37.6 Å². The molecule has 2 aliphatic heterocycles. The lowest BCUT2D eigenvalue weighted by molar-refractivity contribution is 0.0633. The number of nitrogens with zero attached hydrogens (tertiary/aromatic N) is 3. The molecular formula is C15H21N5O2. The Morgan fingerprint density at radius 2 is 2.14 bits per heavy atom. The van der Waals surface area contributed by atoms with Gasteiger partial charge in [0, 0.05) is 32.1 Å². The van der Waals surface area contributed by atoms with Gasteiger partial charge >= 0.3 is 6.03 Å². The van der Waals surface area contributed by atoms with Crippen molar-refractivity contribution >= 4 is 11.9 Å². The summed E-state index contributed by atoms with van der Waals surface area (Å²) in [6.07, 6.45) is 5.84. The number of aromatic nitrogens is 2. The smallest absolute Gasteiger partial charge is 0.317 e. The van der Waals surface area contributed by atoms with Crippen LogP contribution >= 0.6 is 0 Å². The lowest BCUT2D eigenvalue weighted by Gasteiger charge is -2.37. The maximum Gasteiger partial charge on any atom is 0.317 e. The minimum absolute atomic E-state index is 0.00118. The maximum atomic E-state index is 12.8.